The van der Waals surface area contributed by atoms with Crippen LogP contribution in [-0.2, 0) is 0 Å². The molecule has 0 spiro atoms. The van der Waals surface area contributed by atoms with Gasteiger partial charge in [0.15, 0.2) is 10.9 Å². The molecule has 0 aliphatic rings. The summed E-state index contributed by atoms with van der Waals surface area (Å²) in [6.45, 7) is 4.09. The molecule has 0 atom stereocenters. The Balaban J connectivity index is 1.25. The number of carbonyl (C=O) groups is 1. The maximum atomic E-state index is 12.7. The summed E-state index contributed by atoms with van der Waals surface area (Å²) in [5, 5.41) is 14.9. The molecule has 0 aliphatic heterocycles. The van der Waals surface area contributed by atoms with Gasteiger partial charge in [-0.05, 0) is 97.9 Å². The van der Waals surface area contributed by atoms with Gasteiger partial charge in [0.05, 0.1) is 12.8 Å². The van der Waals surface area contributed by atoms with Crippen molar-refractivity contribution in [3.63, 3.8) is 0 Å². The monoisotopic (exact) mass is 497 g/mol. The van der Waals surface area contributed by atoms with Crippen LogP contribution in [0.2, 0.25) is 0 Å². The average molecular weight is 498 g/mol. The number of thiocarbonyl (C=S) groups is 1. The van der Waals surface area contributed by atoms with E-state index < -0.39 is 5.91 Å². The highest BCUT2D eigenvalue weighted by Crippen LogP contribution is 2.24. The molecule has 2 heterocycles. The van der Waals surface area contributed by atoms with Crippen molar-refractivity contribution >= 4 is 40.0 Å². The number of rotatable bonds is 5. The smallest absolute Gasteiger partial charge is 0.293 e. The summed E-state index contributed by atoms with van der Waals surface area (Å²) < 4.78 is 11.0. The standard InChI is InChI=1S/C27H23N5O3S/c1-16-4-5-18(14-17(16)2)24-12-13-25(35-24)26(33)29-27(36)28-19-6-11-22-23(15-19)31-32(30-22)20-7-9-21(34-3)10-8-20/h4-15H,1-3H3,(H2,28,29,33,36). The van der Waals surface area contributed by atoms with E-state index in [-0.39, 0.29) is 10.9 Å². The van der Waals surface area contributed by atoms with Crippen LogP contribution < -0.4 is 15.4 Å². The lowest BCUT2D eigenvalue weighted by Gasteiger charge is -2.08. The van der Waals surface area contributed by atoms with Gasteiger partial charge in [-0.1, -0.05) is 12.1 Å². The van der Waals surface area contributed by atoms with Gasteiger partial charge in [0.2, 0.25) is 0 Å². The van der Waals surface area contributed by atoms with E-state index >= 15 is 0 Å². The van der Waals surface area contributed by atoms with Crippen molar-refractivity contribution in [3.05, 3.63) is 89.7 Å². The Hall–Kier alpha value is -4.50. The molecule has 1 amide bonds. The van der Waals surface area contributed by atoms with Crippen molar-refractivity contribution in [2.24, 2.45) is 0 Å². The summed E-state index contributed by atoms with van der Waals surface area (Å²) in [4.78, 5) is 14.2. The van der Waals surface area contributed by atoms with E-state index in [1.165, 1.54) is 5.56 Å². The van der Waals surface area contributed by atoms with Crippen LogP contribution in [0.5, 0.6) is 5.75 Å². The van der Waals surface area contributed by atoms with Gasteiger partial charge in [-0.15, -0.1) is 10.2 Å². The Morgan fingerprint density at radius 2 is 1.69 bits per heavy atom. The van der Waals surface area contributed by atoms with Crippen molar-refractivity contribution in [1.82, 2.24) is 20.3 Å². The van der Waals surface area contributed by atoms with Crippen LogP contribution in [0.4, 0.5) is 5.69 Å². The molecular formula is C27H23N5O3S. The molecule has 0 saturated heterocycles. The van der Waals surface area contributed by atoms with Crippen molar-refractivity contribution in [2.45, 2.75) is 13.8 Å². The van der Waals surface area contributed by atoms with Crippen molar-refractivity contribution in [3.8, 4) is 22.8 Å². The SMILES string of the molecule is COc1ccc(-n2nc3ccc(NC(=S)NC(=O)c4ccc(-c5ccc(C)c(C)c5)o4)cc3n2)cc1. The molecule has 9 heteroatoms. The van der Waals surface area contributed by atoms with Crippen molar-refractivity contribution in [2.75, 3.05) is 12.4 Å². The van der Waals surface area contributed by atoms with Gasteiger partial charge in [-0.3, -0.25) is 10.1 Å². The second-order valence-corrected chi connectivity index (χ2v) is 8.67. The Morgan fingerprint density at radius 1 is 0.917 bits per heavy atom. The Kier molecular flexibility index (Phi) is 6.22. The number of ether oxygens (including phenoxy) is 1. The van der Waals surface area contributed by atoms with Crippen molar-refractivity contribution < 1.29 is 13.9 Å². The highest BCUT2D eigenvalue weighted by Gasteiger charge is 2.15. The van der Waals surface area contributed by atoms with Crippen molar-refractivity contribution in [1.29, 1.82) is 0 Å². The number of amides is 1. The number of aryl methyl sites for hydroxylation is 2. The van der Waals surface area contributed by atoms with Gasteiger partial charge in [-0.25, -0.2) is 0 Å². The van der Waals surface area contributed by atoms with Gasteiger partial charge >= 0.3 is 0 Å². The second-order valence-electron chi connectivity index (χ2n) is 8.26. The zero-order valence-electron chi connectivity index (χ0n) is 19.9. The average Bonchev–Trinajstić information content (AvgIpc) is 3.53. The molecule has 0 saturated carbocycles. The number of hydrogen-bond acceptors (Lipinski definition) is 6. The number of carbonyl (C=O) groups excluding carboxylic acids is 1. The summed E-state index contributed by atoms with van der Waals surface area (Å²) >= 11 is 5.33. The first kappa shape index (κ1) is 23.3. The van der Waals surface area contributed by atoms with E-state index in [1.807, 2.05) is 67.6 Å². The molecule has 8 nitrogen and oxygen atoms in total. The van der Waals surface area contributed by atoms with Crippen LogP contribution in [0.15, 0.2) is 77.2 Å². The maximum Gasteiger partial charge on any atom is 0.293 e. The van der Waals surface area contributed by atoms with E-state index in [0.29, 0.717) is 17.0 Å². The van der Waals surface area contributed by atoms with Crippen LogP contribution in [0, 0.1) is 13.8 Å². The number of aromatic nitrogens is 3. The number of nitrogens with zero attached hydrogens (tertiary/aromatic N) is 3. The molecule has 3 aromatic carbocycles. The molecule has 0 aliphatic carbocycles. The third kappa shape index (κ3) is 4.82. The molecule has 2 N–H and O–H groups in total. The molecule has 180 valence electrons. The summed E-state index contributed by atoms with van der Waals surface area (Å²) in [6, 6.07) is 22.3. The summed E-state index contributed by atoms with van der Waals surface area (Å²) in [5.41, 5.74) is 6.14. The van der Waals surface area contributed by atoms with Crippen LogP contribution >= 0.6 is 12.2 Å². The van der Waals surface area contributed by atoms with E-state index in [0.717, 1.165) is 28.1 Å². The lowest BCUT2D eigenvalue weighted by molar-refractivity contribution is 0.0951. The first-order valence-electron chi connectivity index (χ1n) is 11.2. The predicted molar refractivity (Wildman–Crippen MR) is 143 cm³/mol. The third-order valence-corrected chi connectivity index (χ3v) is 5.99. The number of methoxy groups -OCH3 is 1. The van der Waals surface area contributed by atoms with Crippen LogP contribution in [-0.4, -0.2) is 33.1 Å². The van der Waals surface area contributed by atoms with Gasteiger partial charge < -0.3 is 14.5 Å². The number of fused-ring (bicyclic) bond motifs is 1. The van der Waals surface area contributed by atoms with Crippen LogP contribution in [0.3, 0.4) is 0 Å². The minimum absolute atomic E-state index is 0.144. The number of furan rings is 1. The number of anilines is 1. The van der Waals surface area contributed by atoms with Crippen LogP contribution in [0.1, 0.15) is 21.7 Å². The minimum atomic E-state index is -0.436. The van der Waals surface area contributed by atoms with E-state index in [9.17, 15) is 4.79 Å². The predicted octanol–water partition coefficient (Wildman–Crippen LogP) is 5.43. The Labute approximate surface area is 212 Å². The van der Waals surface area contributed by atoms with Gasteiger partial charge in [-0.2, -0.15) is 4.80 Å². The molecule has 2 aromatic heterocycles. The topological polar surface area (TPSA) is 94.2 Å². The molecular weight excluding hydrogens is 474 g/mol. The largest absolute Gasteiger partial charge is 0.497 e. The molecule has 5 aromatic rings. The first-order valence-corrected chi connectivity index (χ1v) is 11.6. The summed E-state index contributed by atoms with van der Waals surface area (Å²) in [7, 11) is 1.62. The maximum absolute atomic E-state index is 12.7. The lowest BCUT2D eigenvalue weighted by Crippen LogP contribution is -2.33. The molecule has 0 radical (unpaired) electrons. The highest BCUT2D eigenvalue weighted by molar-refractivity contribution is 7.80. The Bertz CT molecular complexity index is 1590. The van der Waals surface area contributed by atoms with Gasteiger partial charge in [0, 0.05) is 11.3 Å². The lowest BCUT2D eigenvalue weighted by atomic mass is 10.1. The normalized spacial score (nSPS) is 10.9. The second kappa shape index (κ2) is 9.63. The van der Waals surface area contributed by atoms with E-state index in [4.69, 9.17) is 21.4 Å². The molecule has 5 rings (SSSR count). The van der Waals surface area contributed by atoms with Gasteiger partial charge in [0.25, 0.3) is 5.91 Å². The first-order chi connectivity index (χ1) is 17.4. The summed E-state index contributed by atoms with van der Waals surface area (Å²) in [5.74, 6) is 1.11. The van der Waals surface area contributed by atoms with E-state index in [1.54, 1.807) is 24.0 Å². The fourth-order valence-corrected chi connectivity index (χ4v) is 3.87. The fraction of sp³-hybridized carbons (Fsp3) is 0.111. The quantitative estimate of drug-likeness (QED) is 0.313. The highest BCUT2D eigenvalue weighted by atomic mass is 32.1. The third-order valence-electron chi connectivity index (χ3n) is 5.79. The summed E-state index contributed by atoms with van der Waals surface area (Å²) in [6.07, 6.45) is 0. The number of nitrogens with one attached hydrogen (secondary N) is 2. The number of benzene rings is 3. The van der Waals surface area contributed by atoms with Crippen LogP contribution in [0.25, 0.3) is 28.0 Å². The van der Waals surface area contributed by atoms with Gasteiger partial charge in [0.1, 0.15) is 22.5 Å². The molecule has 0 bridgehead atoms. The number of hydrogen-bond donors (Lipinski definition) is 2. The van der Waals surface area contributed by atoms with E-state index in [2.05, 4.69) is 27.8 Å². The molecule has 0 unspecified atom stereocenters. The zero-order valence-corrected chi connectivity index (χ0v) is 20.7. The minimum Gasteiger partial charge on any atom is -0.497 e. The zero-order chi connectivity index (χ0) is 25.2. The molecule has 0 fully saturated rings. The fourth-order valence-electron chi connectivity index (χ4n) is 3.66. The molecule has 36 heavy (non-hydrogen) atoms. The Morgan fingerprint density at radius 3 is 2.44 bits per heavy atom.